The number of hydrogen-bond donors (Lipinski definition) is 2. The van der Waals surface area contributed by atoms with Gasteiger partial charge in [-0.15, -0.1) is 0 Å². The first-order chi connectivity index (χ1) is 11.1. The Morgan fingerprint density at radius 2 is 2.09 bits per heavy atom. The van der Waals surface area contributed by atoms with Crippen LogP contribution in [-0.2, 0) is 6.54 Å². The molecule has 0 saturated carbocycles. The highest BCUT2D eigenvalue weighted by Crippen LogP contribution is 2.34. The van der Waals surface area contributed by atoms with Gasteiger partial charge in [-0.05, 0) is 19.0 Å². The number of methoxy groups -OCH3 is 2. The van der Waals surface area contributed by atoms with Crippen molar-refractivity contribution in [2.45, 2.75) is 18.6 Å². The first kappa shape index (κ1) is 15.8. The van der Waals surface area contributed by atoms with Crippen LogP contribution < -0.4 is 14.8 Å². The van der Waals surface area contributed by atoms with Gasteiger partial charge in [0.15, 0.2) is 11.5 Å². The predicted octanol–water partition coefficient (Wildman–Crippen LogP) is 1.43. The Balaban J connectivity index is 1.98. The molecule has 1 atom stereocenters. The first-order valence-corrected chi connectivity index (χ1v) is 7.42. The molecule has 0 radical (unpaired) electrons. The van der Waals surface area contributed by atoms with Crippen molar-refractivity contribution >= 4 is 0 Å². The topological polar surface area (TPSA) is 68.5 Å². The van der Waals surface area contributed by atoms with Gasteiger partial charge in [-0.1, -0.05) is 0 Å². The summed E-state index contributed by atoms with van der Waals surface area (Å²) in [6.07, 6.45) is 3.98. The van der Waals surface area contributed by atoms with Crippen molar-refractivity contribution in [3.05, 3.63) is 30.3 Å². The van der Waals surface area contributed by atoms with E-state index in [9.17, 15) is 9.50 Å². The quantitative estimate of drug-likeness (QED) is 0.872. The average molecular weight is 321 g/mol. The minimum atomic E-state index is -0.845. The molecule has 2 N–H and O–H groups in total. The van der Waals surface area contributed by atoms with Gasteiger partial charge in [0.1, 0.15) is 11.6 Å². The van der Waals surface area contributed by atoms with Crippen molar-refractivity contribution in [3.8, 4) is 22.9 Å². The van der Waals surface area contributed by atoms with Crippen molar-refractivity contribution < 1.29 is 19.0 Å². The summed E-state index contributed by atoms with van der Waals surface area (Å²) in [5.74, 6) is 0.751. The van der Waals surface area contributed by atoms with E-state index in [1.807, 2.05) is 0 Å². The van der Waals surface area contributed by atoms with E-state index >= 15 is 0 Å². The van der Waals surface area contributed by atoms with Gasteiger partial charge in [0.2, 0.25) is 0 Å². The van der Waals surface area contributed by atoms with Crippen LogP contribution in [0, 0.1) is 5.82 Å². The number of aromatic nitrogens is 2. The van der Waals surface area contributed by atoms with Gasteiger partial charge in [0.05, 0.1) is 31.9 Å². The van der Waals surface area contributed by atoms with E-state index in [2.05, 4.69) is 10.3 Å². The molecule has 0 aliphatic carbocycles. The molecule has 2 heterocycles. The number of nitrogens with one attached hydrogen (secondary N) is 1. The van der Waals surface area contributed by atoms with E-state index in [4.69, 9.17) is 9.47 Å². The van der Waals surface area contributed by atoms with Crippen molar-refractivity contribution in [1.82, 2.24) is 14.9 Å². The molecule has 1 aromatic heterocycles. The smallest absolute Gasteiger partial charge is 0.163 e. The van der Waals surface area contributed by atoms with E-state index in [0.717, 1.165) is 6.54 Å². The van der Waals surface area contributed by atoms with Crippen LogP contribution in [0.25, 0.3) is 11.4 Å². The summed E-state index contributed by atoms with van der Waals surface area (Å²) in [5, 5.41) is 13.7. The van der Waals surface area contributed by atoms with E-state index in [-0.39, 0.29) is 0 Å². The maximum atomic E-state index is 14.4. The Labute approximate surface area is 133 Å². The molecule has 124 valence electrons. The summed E-state index contributed by atoms with van der Waals surface area (Å²) >= 11 is 0. The van der Waals surface area contributed by atoms with E-state index in [0.29, 0.717) is 42.4 Å². The van der Waals surface area contributed by atoms with E-state index < -0.39 is 11.4 Å². The molecule has 1 aliphatic heterocycles. The Morgan fingerprint density at radius 1 is 1.35 bits per heavy atom. The zero-order valence-corrected chi connectivity index (χ0v) is 13.2. The van der Waals surface area contributed by atoms with Crippen molar-refractivity contribution in [3.63, 3.8) is 0 Å². The monoisotopic (exact) mass is 321 g/mol. The molecular weight excluding hydrogens is 301 g/mol. The third-order valence-electron chi connectivity index (χ3n) is 4.12. The third-order valence-corrected chi connectivity index (χ3v) is 4.12. The number of imidazole rings is 1. The molecule has 7 heteroatoms. The Kier molecular flexibility index (Phi) is 4.23. The number of ether oxygens (including phenoxy) is 2. The molecule has 23 heavy (non-hydrogen) atoms. The second-order valence-corrected chi connectivity index (χ2v) is 5.72. The highest BCUT2D eigenvalue weighted by molar-refractivity contribution is 5.62. The van der Waals surface area contributed by atoms with Crippen molar-refractivity contribution in [2.75, 3.05) is 27.3 Å². The van der Waals surface area contributed by atoms with Crippen LogP contribution >= 0.6 is 0 Å². The summed E-state index contributed by atoms with van der Waals surface area (Å²) in [6, 6.07) is 2.84. The fraction of sp³-hybridized carbons (Fsp3) is 0.438. The summed E-state index contributed by atoms with van der Waals surface area (Å²) in [5.41, 5.74) is -0.537. The number of nitrogens with zero attached hydrogens (tertiary/aromatic N) is 2. The van der Waals surface area contributed by atoms with Crippen molar-refractivity contribution in [2.24, 2.45) is 0 Å². The molecule has 1 aromatic carbocycles. The zero-order valence-electron chi connectivity index (χ0n) is 13.2. The van der Waals surface area contributed by atoms with E-state index in [1.54, 1.807) is 23.0 Å². The molecule has 2 aromatic rings. The average Bonchev–Trinajstić information content (AvgIpc) is 3.16. The highest BCUT2D eigenvalue weighted by Gasteiger charge is 2.32. The lowest BCUT2D eigenvalue weighted by Gasteiger charge is -2.23. The molecule has 1 unspecified atom stereocenters. The molecule has 1 fully saturated rings. The SMILES string of the molecule is COc1cc(F)c(-c2nccn2CC2(O)CCNC2)cc1OC. The second-order valence-electron chi connectivity index (χ2n) is 5.72. The minimum absolute atomic E-state index is 0.308. The second kappa shape index (κ2) is 6.17. The Morgan fingerprint density at radius 3 is 2.74 bits per heavy atom. The summed E-state index contributed by atoms with van der Waals surface area (Å²) in [4.78, 5) is 4.25. The standard InChI is InChI=1S/C16H20FN3O3/c1-22-13-7-11(12(17)8-14(13)23-2)15-19-5-6-20(15)10-16(21)3-4-18-9-16/h5-8,18,21H,3-4,9-10H2,1-2H3. The fourth-order valence-corrected chi connectivity index (χ4v) is 2.89. The normalized spacial score (nSPS) is 20.7. The lowest BCUT2D eigenvalue weighted by molar-refractivity contribution is 0.0436. The van der Waals surface area contributed by atoms with Gasteiger partial charge < -0.3 is 24.5 Å². The largest absolute Gasteiger partial charge is 0.493 e. The molecule has 0 amide bonds. The van der Waals surface area contributed by atoms with Gasteiger partial charge >= 0.3 is 0 Å². The summed E-state index contributed by atoms with van der Waals surface area (Å²) in [7, 11) is 2.96. The molecule has 1 saturated heterocycles. The van der Waals surface area contributed by atoms with Crippen LogP contribution in [0.15, 0.2) is 24.5 Å². The van der Waals surface area contributed by atoms with Crippen LogP contribution in [0.4, 0.5) is 4.39 Å². The first-order valence-electron chi connectivity index (χ1n) is 7.42. The van der Waals surface area contributed by atoms with Crippen LogP contribution in [0.1, 0.15) is 6.42 Å². The lowest BCUT2D eigenvalue weighted by atomic mass is 10.0. The van der Waals surface area contributed by atoms with Gasteiger partial charge in [0.25, 0.3) is 0 Å². The Bertz CT molecular complexity index is 696. The molecule has 3 rings (SSSR count). The molecule has 6 nitrogen and oxygen atoms in total. The van der Waals surface area contributed by atoms with Crippen LogP contribution in [0.2, 0.25) is 0 Å². The summed E-state index contributed by atoms with van der Waals surface area (Å²) in [6.45, 7) is 1.63. The van der Waals surface area contributed by atoms with Gasteiger partial charge in [0, 0.05) is 25.0 Å². The highest BCUT2D eigenvalue weighted by atomic mass is 19.1. The molecular formula is C16H20FN3O3. The fourth-order valence-electron chi connectivity index (χ4n) is 2.89. The van der Waals surface area contributed by atoms with Gasteiger partial charge in [-0.3, -0.25) is 0 Å². The number of β-amino-alcohol motifs (C(OH)–C–C–N with tert-alkyl or cyclic N) is 1. The molecule has 0 spiro atoms. The number of halogens is 1. The molecule has 0 bridgehead atoms. The van der Waals surface area contributed by atoms with Crippen LogP contribution in [-0.4, -0.2) is 47.6 Å². The molecule has 1 aliphatic rings. The predicted molar refractivity (Wildman–Crippen MR) is 83.2 cm³/mol. The number of benzene rings is 1. The maximum Gasteiger partial charge on any atom is 0.163 e. The van der Waals surface area contributed by atoms with Crippen molar-refractivity contribution in [1.29, 1.82) is 0 Å². The van der Waals surface area contributed by atoms with Crippen LogP contribution in [0.3, 0.4) is 0 Å². The number of aliphatic hydroxyl groups is 1. The number of rotatable bonds is 5. The van der Waals surface area contributed by atoms with Gasteiger partial charge in [-0.25, -0.2) is 9.37 Å². The zero-order chi connectivity index (χ0) is 16.4. The third kappa shape index (κ3) is 3.02. The minimum Gasteiger partial charge on any atom is -0.493 e. The maximum absolute atomic E-state index is 14.4. The number of hydrogen-bond acceptors (Lipinski definition) is 5. The van der Waals surface area contributed by atoms with Crippen LogP contribution in [0.5, 0.6) is 11.5 Å². The van der Waals surface area contributed by atoms with Gasteiger partial charge in [-0.2, -0.15) is 0 Å². The lowest BCUT2D eigenvalue weighted by Crippen LogP contribution is -2.36. The summed E-state index contributed by atoms with van der Waals surface area (Å²) < 4.78 is 26.5. The van der Waals surface area contributed by atoms with E-state index in [1.165, 1.54) is 20.3 Å². The Hall–Kier alpha value is -2.12.